The zero-order valence-corrected chi connectivity index (χ0v) is 12.0. The second kappa shape index (κ2) is 5.23. The standard InChI is InChI=1S/C10H16N4O2S2/c1-13(2)10-12-8(11)7(17-10)9(15)14-3-5-18(16)6-4-14/h3-6,11H2,1-2H3. The number of thiazole rings is 1. The smallest absolute Gasteiger partial charge is 0.267 e. The Labute approximate surface area is 112 Å². The molecule has 18 heavy (non-hydrogen) atoms. The molecule has 1 aliphatic rings. The van der Waals surface area contributed by atoms with Gasteiger partial charge in [-0.3, -0.25) is 9.00 Å². The van der Waals surface area contributed by atoms with E-state index < -0.39 is 10.8 Å². The molecule has 1 amide bonds. The maximum Gasteiger partial charge on any atom is 0.267 e. The van der Waals surface area contributed by atoms with Crippen LogP contribution in [0.25, 0.3) is 0 Å². The fraction of sp³-hybridized carbons (Fsp3) is 0.600. The molecule has 0 radical (unpaired) electrons. The summed E-state index contributed by atoms with van der Waals surface area (Å²) in [6, 6.07) is 0. The minimum atomic E-state index is -0.787. The monoisotopic (exact) mass is 288 g/mol. The average Bonchev–Trinajstić information content (AvgIpc) is 2.71. The number of carbonyl (C=O) groups is 1. The molecule has 6 nitrogen and oxygen atoms in total. The lowest BCUT2D eigenvalue weighted by molar-refractivity contribution is 0.0777. The highest BCUT2D eigenvalue weighted by atomic mass is 32.2. The van der Waals surface area contributed by atoms with E-state index in [1.54, 1.807) is 4.90 Å². The van der Waals surface area contributed by atoms with Crippen LogP contribution in [0, 0.1) is 0 Å². The summed E-state index contributed by atoms with van der Waals surface area (Å²) in [5.41, 5.74) is 5.78. The minimum absolute atomic E-state index is 0.102. The first-order chi connectivity index (χ1) is 8.49. The van der Waals surface area contributed by atoms with Gasteiger partial charge in [0.15, 0.2) is 5.13 Å². The summed E-state index contributed by atoms with van der Waals surface area (Å²) in [5, 5.41) is 0.719. The summed E-state index contributed by atoms with van der Waals surface area (Å²) >= 11 is 1.29. The molecule has 1 aliphatic heterocycles. The van der Waals surface area contributed by atoms with Gasteiger partial charge in [-0.05, 0) is 0 Å². The zero-order valence-electron chi connectivity index (χ0n) is 10.4. The van der Waals surface area contributed by atoms with E-state index in [-0.39, 0.29) is 11.7 Å². The predicted molar refractivity (Wildman–Crippen MR) is 74.6 cm³/mol. The van der Waals surface area contributed by atoms with Crippen molar-refractivity contribution in [3.05, 3.63) is 4.88 Å². The van der Waals surface area contributed by atoms with Crippen molar-refractivity contribution < 1.29 is 9.00 Å². The highest BCUT2D eigenvalue weighted by Crippen LogP contribution is 2.28. The first-order valence-corrected chi connectivity index (χ1v) is 7.87. The maximum absolute atomic E-state index is 12.3. The molecule has 0 aliphatic carbocycles. The molecular formula is C10H16N4O2S2. The van der Waals surface area contributed by atoms with Crippen molar-refractivity contribution in [2.24, 2.45) is 0 Å². The third kappa shape index (κ3) is 2.64. The molecular weight excluding hydrogens is 272 g/mol. The van der Waals surface area contributed by atoms with E-state index in [9.17, 15) is 9.00 Å². The average molecular weight is 288 g/mol. The predicted octanol–water partition coefficient (Wildman–Crippen LogP) is -0.00420. The van der Waals surface area contributed by atoms with Gasteiger partial charge in [0.1, 0.15) is 10.7 Å². The van der Waals surface area contributed by atoms with Gasteiger partial charge >= 0.3 is 0 Å². The number of hydrogen-bond acceptors (Lipinski definition) is 6. The number of nitrogens with zero attached hydrogens (tertiary/aromatic N) is 3. The largest absolute Gasteiger partial charge is 0.382 e. The van der Waals surface area contributed by atoms with Crippen molar-refractivity contribution in [3.63, 3.8) is 0 Å². The molecule has 1 aromatic heterocycles. The SMILES string of the molecule is CN(C)c1nc(N)c(C(=O)N2CCS(=O)CC2)s1. The van der Waals surface area contributed by atoms with Crippen LogP contribution < -0.4 is 10.6 Å². The van der Waals surface area contributed by atoms with Crippen molar-refractivity contribution in [1.82, 2.24) is 9.88 Å². The van der Waals surface area contributed by atoms with Gasteiger partial charge in [0, 0.05) is 49.5 Å². The van der Waals surface area contributed by atoms with Crippen molar-refractivity contribution in [2.75, 3.05) is 49.3 Å². The number of hydrogen-bond donors (Lipinski definition) is 1. The van der Waals surface area contributed by atoms with Gasteiger partial charge < -0.3 is 15.5 Å². The van der Waals surface area contributed by atoms with Crippen molar-refractivity contribution in [2.45, 2.75) is 0 Å². The maximum atomic E-state index is 12.3. The summed E-state index contributed by atoms with van der Waals surface area (Å²) in [7, 11) is 2.93. The van der Waals surface area contributed by atoms with E-state index in [1.807, 2.05) is 19.0 Å². The number of nitrogens with two attached hydrogens (primary N) is 1. The summed E-state index contributed by atoms with van der Waals surface area (Å²) < 4.78 is 11.3. The Morgan fingerprint density at radius 2 is 2.06 bits per heavy atom. The van der Waals surface area contributed by atoms with E-state index >= 15 is 0 Å². The molecule has 0 spiro atoms. The second-order valence-corrected chi connectivity index (χ2v) is 6.92. The normalized spacial score (nSPS) is 16.9. The van der Waals surface area contributed by atoms with E-state index in [0.29, 0.717) is 29.5 Å². The summed E-state index contributed by atoms with van der Waals surface area (Å²) in [6.07, 6.45) is 0. The van der Waals surface area contributed by atoms with Crippen LogP contribution in [0.15, 0.2) is 0 Å². The fourth-order valence-corrected chi connectivity index (χ4v) is 3.58. The topological polar surface area (TPSA) is 79.5 Å². The van der Waals surface area contributed by atoms with Gasteiger partial charge in [0.05, 0.1) is 0 Å². The summed E-state index contributed by atoms with van der Waals surface area (Å²) in [4.78, 5) is 20.4. The molecule has 100 valence electrons. The second-order valence-electron chi connectivity index (χ2n) is 4.25. The Balaban J connectivity index is 2.16. The molecule has 2 heterocycles. The van der Waals surface area contributed by atoms with E-state index in [1.165, 1.54) is 11.3 Å². The zero-order chi connectivity index (χ0) is 13.3. The van der Waals surface area contributed by atoms with Gasteiger partial charge in [-0.15, -0.1) is 0 Å². The lowest BCUT2D eigenvalue weighted by atomic mass is 10.4. The van der Waals surface area contributed by atoms with Gasteiger partial charge in [0.2, 0.25) is 0 Å². The van der Waals surface area contributed by atoms with Crippen molar-refractivity contribution >= 4 is 39.0 Å². The quantitative estimate of drug-likeness (QED) is 0.828. The Morgan fingerprint density at radius 3 is 2.56 bits per heavy atom. The van der Waals surface area contributed by atoms with E-state index in [4.69, 9.17) is 5.73 Å². The first kappa shape index (κ1) is 13.3. The molecule has 1 saturated heterocycles. The third-order valence-corrected chi connectivity index (χ3v) is 5.19. The van der Waals surface area contributed by atoms with Crippen molar-refractivity contribution in [1.29, 1.82) is 0 Å². The van der Waals surface area contributed by atoms with Crippen LogP contribution in [-0.2, 0) is 10.8 Å². The number of rotatable bonds is 2. The van der Waals surface area contributed by atoms with Crippen LogP contribution in [0.3, 0.4) is 0 Å². The Hall–Kier alpha value is -1.15. The van der Waals surface area contributed by atoms with Crippen LogP contribution in [0.4, 0.5) is 10.9 Å². The van der Waals surface area contributed by atoms with Gasteiger partial charge in [-0.1, -0.05) is 11.3 Å². The lowest BCUT2D eigenvalue weighted by Gasteiger charge is -2.25. The van der Waals surface area contributed by atoms with Gasteiger partial charge in [0.25, 0.3) is 5.91 Å². The Kier molecular flexibility index (Phi) is 3.86. The molecule has 0 atom stereocenters. The number of carbonyl (C=O) groups excluding carboxylic acids is 1. The molecule has 1 aromatic rings. The Bertz CT molecular complexity index is 476. The van der Waals surface area contributed by atoms with Crippen LogP contribution in [0.1, 0.15) is 9.67 Å². The van der Waals surface area contributed by atoms with Gasteiger partial charge in [-0.25, -0.2) is 4.98 Å². The highest BCUT2D eigenvalue weighted by Gasteiger charge is 2.25. The highest BCUT2D eigenvalue weighted by molar-refractivity contribution is 7.85. The van der Waals surface area contributed by atoms with E-state index in [0.717, 1.165) is 5.13 Å². The molecule has 2 rings (SSSR count). The van der Waals surface area contributed by atoms with E-state index in [2.05, 4.69) is 4.98 Å². The number of aromatic nitrogens is 1. The minimum Gasteiger partial charge on any atom is -0.382 e. The fourth-order valence-electron chi connectivity index (χ4n) is 1.65. The van der Waals surface area contributed by atoms with Crippen LogP contribution in [-0.4, -0.2) is 58.7 Å². The van der Waals surface area contributed by atoms with Crippen molar-refractivity contribution in [3.8, 4) is 0 Å². The lowest BCUT2D eigenvalue weighted by Crippen LogP contribution is -2.41. The molecule has 0 unspecified atom stereocenters. The number of nitrogen functional groups attached to an aromatic ring is 1. The first-order valence-electron chi connectivity index (χ1n) is 5.57. The molecule has 8 heteroatoms. The van der Waals surface area contributed by atoms with Gasteiger partial charge in [-0.2, -0.15) is 0 Å². The molecule has 1 fully saturated rings. The number of anilines is 2. The molecule has 2 N–H and O–H groups in total. The molecule has 0 saturated carbocycles. The molecule has 0 bridgehead atoms. The third-order valence-electron chi connectivity index (χ3n) is 2.68. The summed E-state index contributed by atoms with van der Waals surface area (Å²) in [6.45, 7) is 1.06. The Morgan fingerprint density at radius 1 is 1.44 bits per heavy atom. The number of amides is 1. The summed E-state index contributed by atoms with van der Waals surface area (Å²) in [5.74, 6) is 1.27. The van der Waals surface area contributed by atoms with Crippen LogP contribution in [0.2, 0.25) is 0 Å². The van der Waals surface area contributed by atoms with Crippen LogP contribution >= 0.6 is 11.3 Å². The molecule has 0 aromatic carbocycles. The van der Waals surface area contributed by atoms with Crippen LogP contribution in [0.5, 0.6) is 0 Å².